The van der Waals surface area contributed by atoms with Gasteiger partial charge in [-0.1, -0.05) is 0 Å². The highest BCUT2D eigenvalue weighted by Crippen LogP contribution is 2.34. The minimum atomic E-state index is -0.291. The van der Waals surface area contributed by atoms with Gasteiger partial charge < -0.3 is 10.1 Å². The SMILES string of the molecule is Cn1nccc1[C@@H]1OCCC[C@H]1C(=O)Nc1ccnc2ccnn12. The van der Waals surface area contributed by atoms with Crippen molar-refractivity contribution in [1.29, 1.82) is 0 Å². The maximum absolute atomic E-state index is 12.9. The molecule has 1 aliphatic heterocycles. The quantitative estimate of drug-likeness (QED) is 0.789. The van der Waals surface area contributed by atoms with Crippen LogP contribution in [-0.2, 0) is 16.6 Å². The van der Waals surface area contributed by atoms with Crippen molar-refractivity contribution in [1.82, 2.24) is 24.4 Å². The topological polar surface area (TPSA) is 86.3 Å². The van der Waals surface area contributed by atoms with Gasteiger partial charge in [0.15, 0.2) is 5.65 Å². The number of rotatable bonds is 3. The Hall–Kier alpha value is -2.74. The molecule has 0 aliphatic carbocycles. The first kappa shape index (κ1) is 14.8. The lowest BCUT2D eigenvalue weighted by atomic mass is 9.91. The van der Waals surface area contributed by atoms with E-state index in [1.165, 1.54) is 0 Å². The summed E-state index contributed by atoms with van der Waals surface area (Å²) in [5, 5.41) is 11.3. The largest absolute Gasteiger partial charge is 0.371 e. The van der Waals surface area contributed by atoms with Gasteiger partial charge in [-0.15, -0.1) is 0 Å². The highest BCUT2D eigenvalue weighted by Gasteiger charge is 2.35. The van der Waals surface area contributed by atoms with Crippen molar-refractivity contribution in [3.63, 3.8) is 0 Å². The summed E-state index contributed by atoms with van der Waals surface area (Å²) in [6, 6.07) is 5.42. The predicted molar refractivity (Wildman–Crippen MR) is 86.2 cm³/mol. The van der Waals surface area contributed by atoms with Gasteiger partial charge in [-0.3, -0.25) is 9.48 Å². The normalized spacial score (nSPS) is 21.0. The third-order valence-corrected chi connectivity index (χ3v) is 4.35. The molecule has 124 valence electrons. The molecule has 24 heavy (non-hydrogen) atoms. The third-order valence-electron chi connectivity index (χ3n) is 4.35. The molecule has 8 nitrogen and oxygen atoms in total. The molecule has 3 aromatic rings. The number of hydrogen-bond acceptors (Lipinski definition) is 5. The van der Waals surface area contributed by atoms with Gasteiger partial charge in [-0.2, -0.15) is 14.7 Å². The van der Waals surface area contributed by atoms with Crippen LogP contribution in [0.5, 0.6) is 0 Å². The van der Waals surface area contributed by atoms with Crippen LogP contribution in [-0.4, -0.2) is 36.9 Å². The lowest BCUT2D eigenvalue weighted by Gasteiger charge is -2.30. The van der Waals surface area contributed by atoms with Crippen LogP contribution < -0.4 is 5.32 Å². The van der Waals surface area contributed by atoms with E-state index in [-0.39, 0.29) is 17.9 Å². The average molecular weight is 326 g/mol. The van der Waals surface area contributed by atoms with E-state index in [2.05, 4.69) is 20.5 Å². The summed E-state index contributed by atoms with van der Waals surface area (Å²) in [6.07, 6.45) is 6.37. The minimum absolute atomic E-state index is 0.0797. The third kappa shape index (κ3) is 2.54. The molecular formula is C16H18N6O2. The molecule has 0 bridgehead atoms. The summed E-state index contributed by atoms with van der Waals surface area (Å²) < 4.78 is 9.26. The van der Waals surface area contributed by atoms with Gasteiger partial charge in [0.2, 0.25) is 5.91 Å². The number of anilines is 1. The number of amides is 1. The molecule has 0 unspecified atom stereocenters. The molecule has 4 rings (SSSR count). The fourth-order valence-corrected chi connectivity index (χ4v) is 3.15. The van der Waals surface area contributed by atoms with Gasteiger partial charge in [0.05, 0.1) is 17.8 Å². The molecule has 1 saturated heterocycles. The van der Waals surface area contributed by atoms with Crippen molar-refractivity contribution in [2.45, 2.75) is 18.9 Å². The fourth-order valence-electron chi connectivity index (χ4n) is 3.15. The van der Waals surface area contributed by atoms with Crippen molar-refractivity contribution in [3.05, 3.63) is 42.5 Å². The number of aryl methyl sites for hydroxylation is 1. The Balaban J connectivity index is 1.60. The number of aromatic nitrogens is 5. The van der Waals surface area contributed by atoms with Gasteiger partial charge in [-0.05, 0) is 25.0 Å². The Morgan fingerprint density at radius 2 is 2.12 bits per heavy atom. The molecule has 0 aromatic carbocycles. The molecule has 4 heterocycles. The minimum Gasteiger partial charge on any atom is -0.371 e. The van der Waals surface area contributed by atoms with Gasteiger partial charge >= 0.3 is 0 Å². The monoisotopic (exact) mass is 326 g/mol. The second kappa shape index (κ2) is 6.04. The molecule has 0 spiro atoms. The Morgan fingerprint density at radius 3 is 2.96 bits per heavy atom. The second-order valence-corrected chi connectivity index (χ2v) is 5.84. The Kier molecular flexibility index (Phi) is 3.73. The number of carbonyl (C=O) groups is 1. The number of nitrogens with one attached hydrogen (secondary N) is 1. The van der Waals surface area contributed by atoms with Crippen molar-refractivity contribution < 1.29 is 9.53 Å². The van der Waals surface area contributed by atoms with Crippen molar-refractivity contribution in [2.24, 2.45) is 13.0 Å². The van der Waals surface area contributed by atoms with Crippen LogP contribution in [0.1, 0.15) is 24.6 Å². The molecular weight excluding hydrogens is 308 g/mol. The molecule has 0 radical (unpaired) electrons. The first-order valence-corrected chi connectivity index (χ1v) is 7.93. The van der Waals surface area contributed by atoms with E-state index < -0.39 is 0 Å². The number of ether oxygens (including phenoxy) is 1. The Labute approximate surface area is 138 Å². The van der Waals surface area contributed by atoms with Crippen LogP contribution in [0.4, 0.5) is 5.82 Å². The smallest absolute Gasteiger partial charge is 0.231 e. The van der Waals surface area contributed by atoms with Gasteiger partial charge in [0, 0.05) is 32.1 Å². The zero-order valence-corrected chi connectivity index (χ0v) is 13.3. The van der Waals surface area contributed by atoms with E-state index in [0.717, 1.165) is 18.5 Å². The maximum atomic E-state index is 12.9. The molecule has 1 fully saturated rings. The standard InChI is InChI=1S/C16H18N6O2/c1-21-12(4-8-18-21)15-11(3-2-10-24-15)16(23)20-14-5-7-17-13-6-9-19-22(13)14/h4-9,11,15H,2-3,10H2,1H3,(H,20,23)/t11-,15-/m1/s1. The van der Waals surface area contributed by atoms with E-state index in [1.807, 2.05) is 13.1 Å². The molecule has 8 heteroatoms. The summed E-state index contributed by atoms with van der Waals surface area (Å²) in [5.74, 6) is 0.251. The molecule has 1 amide bonds. The molecule has 3 aromatic heterocycles. The molecule has 0 saturated carbocycles. The first-order chi connectivity index (χ1) is 11.7. The van der Waals surface area contributed by atoms with E-state index in [9.17, 15) is 4.79 Å². The van der Waals surface area contributed by atoms with E-state index >= 15 is 0 Å². The zero-order chi connectivity index (χ0) is 16.5. The van der Waals surface area contributed by atoms with Crippen LogP contribution >= 0.6 is 0 Å². The van der Waals surface area contributed by atoms with Crippen LogP contribution in [0.3, 0.4) is 0 Å². The molecule has 2 atom stereocenters. The van der Waals surface area contributed by atoms with Crippen molar-refractivity contribution in [3.8, 4) is 0 Å². The van der Waals surface area contributed by atoms with E-state index in [0.29, 0.717) is 18.1 Å². The Bertz CT molecular complexity index is 870. The van der Waals surface area contributed by atoms with Crippen molar-refractivity contribution >= 4 is 17.4 Å². The summed E-state index contributed by atoms with van der Waals surface area (Å²) in [4.78, 5) is 17.1. The van der Waals surface area contributed by atoms with Gasteiger partial charge in [0.1, 0.15) is 11.9 Å². The lowest BCUT2D eigenvalue weighted by Crippen LogP contribution is -2.34. The zero-order valence-electron chi connectivity index (χ0n) is 13.3. The van der Waals surface area contributed by atoms with Crippen molar-refractivity contribution in [2.75, 3.05) is 11.9 Å². The lowest BCUT2D eigenvalue weighted by molar-refractivity contribution is -0.129. The number of fused-ring (bicyclic) bond motifs is 1. The fraction of sp³-hybridized carbons (Fsp3) is 0.375. The average Bonchev–Trinajstić information content (AvgIpc) is 3.24. The van der Waals surface area contributed by atoms with E-state index in [4.69, 9.17) is 4.74 Å². The highest BCUT2D eigenvalue weighted by molar-refractivity contribution is 5.92. The number of carbonyl (C=O) groups excluding carboxylic acids is 1. The van der Waals surface area contributed by atoms with Crippen LogP contribution in [0, 0.1) is 5.92 Å². The van der Waals surface area contributed by atoms with Gasteiger partial charge in [-0.25, -0.2) is 4.98 Å². The Morgan fingerprint density at radius 1 is 1.25 bits per heavy atom. The summed E-state index contributed by atoms with van der Waals surface area (Å²) >= 11 is 0. The first-order valence-electron chi connectivity index (χ1n) is 7.93. The summed E-state index contributed by atoms with van der Waals surface area (Å²) in [5.41, 5.74) is 1.60. The van der Waals surface area contributed by atoms with Crippen LogP contribution in [0.2, 0.25) is 0 Å². The predicted octanol–water partition coefficient (Wildman–Crippen LogP) is 1.57. The van der Waals surface area contributed by atoms with E-state index in [1.54, 1.807) is 39.9 Å². The highest BCUT2D eigenvalue weighted by atomic mass is 16.5. The number of nitrogens with zero attached hydrogens (tertiary/aromatic N) is 5. The molecule has 1 N–H and O–H groups in total. The molecule has 1 aliphatic rings. The van der Waals surface area contributed by atoms with Crippen LogP contribution in [0.25, 0.3) is 5.65 Å². The second-order valence-electron chi connectivity index (χ2n) is 5.84. The maximum Gasteiger partial charge on any atom is 0.231 e. The summed E-state index contributed by atoms with van der Waals surface area (Å²) in [7, 11) is 1.86. The van der Waals surface area contributed by atoms with Gasteiger partial charge in [0.25, 0.3) is 0 Å². The number of hydrogen-bond donors (Lipinski definition) is 1. The summed E-state index contributed by atoms with van der Waals surface area (Å²) in [6.45, 7) is 0.651. The van der Waals surface area contributed by atoms with Crippen LogP contribution in [0.15, 0.2) is 36.8 Å².